The number of benzene rings is 1. The second kappa shape index (κ2) is 7.15. The molecule has 0 aromatic heterocycles. The van der Waals surface area contributed by atoms with Gasteiger partial charge in [0.05, 0.1) is 6.61 Å². The summed E-state index contributed by atoms with van der Waals surface area (Å²) in [6.45, 7) is 3.04. The fraction of sp³-hybridized carbons (Fsp3) is 0.333. The van der Waals surface area contributed by atoms with Gasteiger partial charge in [-0.2, -0.15) is 0 Å². The predicted octanol–water partition coefficient (Wildman–Crippen LogP) is 0.937. The molecule has 0 saturated carbocycles. The van der Waals surface area contributed by atoms with Gasteiger partial charge in [0.2, 0.25) is 0 Å². The minimum atomic E-state index is -5.02. The summed E-state index contributed by atoms with van der Waals surface area (Å²) in [6, 6.07) is 3.76. The van der Waals surface area contributed by atoms with E-state index in [0.717, 1.165) is 16.7 Å². The van der Waals surface area contributed by atoms with Gasteiger partial charge in [-0.25, -0.2) is 0 Å². The Morgan fingerprint density at radius 3 is 2.00 bits per heavy atom. The molecule has 0 aliphatic rings. The van der Waals surface area contributed by atoms with Gasteiger partial charge >= 0.3 is 58.4 Å². The van der Waals surface area contributed by atoms with Crippen molar-refractivity contribution in [3.8, 4) is 5.75 Å². The molecule has 1 aromatic rings. The average molecular weight is 282 g/mol. The van der Waals surface area contributed by atoms with Crippen LogP contribution in [0.1, 0.15) is 16.7 Å². The van der Waals surface area contributed by atoms with E-state index in [0.29, 0.717) is 5.75 Å². The van der Waals surface area contributed by atoms with Crippen LogP contribution in [0.15, 0.2) is 24.2 Å². The van der Waals surface area contributed by atoms with E-state index >= 15 is 0 Å². The summed E-state index contributed by atoms with van der Waals surface area (Å²) in [5.74, 6) is 0.511. The normalized spacial score (nSPS) is 10.8. The van der Waals surface area contributed by atoms with Crippen molar-refractivity contribution in [2.45, 2.75) is 20.8 Å². The summed E-state index contributed by atoms with van der Waals surface area (Å²) in [4.78, 5) is 0. The quantitative estimate of drug-likeness (QED) is 0.747. The SMILES string of the molecule is C=C(COc1c(C)cc(C)cc1C)[B-](F)(F)F.[K+]. The van der Waals surface area contributed by atoms with E-state index in [1.165, 1.54) is 0 Å². The Kier molecular flexibility index (Phi) is 7.25. The first-order valence-corrected chi connectivity index (χ1v) is 5.30. The third kappa shape index (κ3) is 5.09. The zero-order valence-electron chi connectivity index (χ0n) is 11.2. The van der Waals surface area contributed by atoms with Crippen LogP contribution in [0.25, 0.3) is 0 Å². The molecular formula is C12H15BF3KO. The first-order valence-electron chi connectivity index (χ1n) is 5.30. The molecule has 0 aliphatic carbocycles. The number of halogens is 3. The fourth-order valence-corrected chi connectivity index (χ4v) is 1.65. The third-order valence-electron chi connectivity index (χ3n) is 2.47. The van der Waals surface area contributed by atoms with Crippen LogP contribution >= 0.6 is 0 Å². The van der Waals surface area contributed by atoms with Gasteiger partial charge in [0.15, 0.2) is 0 Å². The smallest absolute Gasteiger partial charge is 0.492 e. The number of hydrogen-bond donors (Lipinski definition) is 0. The van der Waals surface area contributed by atoms with E-state index in [1.54, 1.807) is 0 Å². The molecule has 94 valence electrons. The molecule has 0 N–H and O–H groups in total. The van der Waals surface area contributed by atoms with Crippen molar-refractivity contribution < 1.29 is 69.1 Å². The largest absolute Gasteiger partial charge is 1.00 e. The Morgan fingerprint density at radius 2 is 1.61 bits per heavy atom. The van der Waals surface area contributed by atoms with Crippen LogP contribution in [0.4, 0.5) is 12.9 Å². The third-order valence-corrected chi connectivity index (χ3v) is 2.47. The zero-order chi connectivity index (χ0) is 13.2. The van der Waals surface area contributed by atoms with E-state index in [4.69, 9.17) is 4.74 Å². The van der Waals surface area contributed by atoms with Crippen molar-refractivity contribution >= 4 is 6.98 Å². The minimum absolute atomic E-state index is 0. The summed E-state index contributed by atoms with van der Waals surface area (Å²) in [5, 5.41) is 0. The van der Waals surface area contributed by atoms with Gasteiger partial charge in [0.1, 0.15) is 5.75 Å². The van der Waals surface area contributed by atoms with E-state index < -0.39 is 19.1 Å². The molecule has 0 atom stereocenters. The van der Waals surface area contributed by atoms with Crippen LogP contribution in [0.3, 0.4) is 0 Å². The van der Waals surface area contributed by atoms with Crippen molar-refractivity contribution in [3.05, 3.63) is 40.9 Å². The molecular weight excluding hydrogens is 267 g/mol. The summed E-state index contributed by atoms with van der Waals surface area (Å²) < 4.78 is 42.1. The molecule has 0 radical (unpaired) electrons. The second-order valence-electron chi connectivity index (χ2n) is 4.25. The van der Waals surface area contributed by atoms with Gasteiger partial charge in [-0.05, 0) is 31.9 Å². The van der Waals surface area contributed by atoms with Crippen molar-refractivity contribution in [3.63, 3.8) is 0 Å². The standard InChI is InChI=1S/C12H15BF3O.K/c1-8-5-9(2)12(10(3)6-8)17-7-11(4)13(14,15)16;/h5-6H,4,7H2,1-3H3;/q-1;+1. The van der Waals surface area contributed by atoms with Gasteiger partial charge in [0.25, 0.3) is 0 Å². The second-order valence-corrected chi connectivity index (χ2v) is 4.25. The maximum absolute atomic E-state index is 12.3. The van der Waals surface area contributed by atoms with Gasteiger partial charge in [-0.3, -0.25) is 0 Å². The Hall–Kier alpha value is 0.251. The van der Waals surface area contributed by atoms with Gasteiger partial charge in [0, 0.05) is 0 Å². The first-order chi connectivity index (χ1) is 7.71. The summed E-state index contributed by atoms with van der Waals surface area (Å²) in [7, 11) is 0. The van der Waals surface area contributed by atoms with E-state index in [-0.39, 0.29) is 51.4 Å². The minimum Gasteiger partial charge on any atom is -0.492 e. The molecule has 0 aliphatic heterocycles. The molecule has 1 nitrogen and oxygen atoms in total. The zero-order valence-corrected chi connectivity index (χ0v) is 14.3. The molecule has 6 heteroatoms. The number of aryl methyl sites for hydroxylation is 3. The number of ether oxygens (including phenoxy) is 1. The van der Waals surface area contributed by atoms with Gasteiger partial charge in [-0.1, -0.05) is 17.7 Å². The molecule has 0 spiro atoms. The van der Waals surface area contributed by atoms with Crippen LogP contribution in [0.5, 0.6) is 5.75 Å². The van der Waals surface area contributed by atoms with Gasteiger partial charge in [-0.15, -0.1) is 12.1 Å². The van der Waals surface area contributed by atoms with E-state index in [9.17, 15) is 12.9 Å². The summed E-state index contributed by atoms with van der Waals surface area (Å²) >= 11 is 0. The fourth-order valence-electron chi connectivity index (χ4n) is 1.65. The van der Waals surface area contributed by atoms with E-state index in [1.807, 2.05) is 32.9 Å². The van der Waals surface area contributed by atoms with Crippen LogP contribution in [-0.2, 0) is 0 Å². The monoisotopic (exact) mass is 282 g/mol. The maximum Gasteiger partial charge on any atom is 1.00 e. The molecule has 0 bridgehead atoms. The van der Waals surface area contributed by atoms with Crippen LogP contribution < -0.4 is 56.1 Å². The summed E-state index contributed by atoms with van der Waals surface area (Å²) in [6.07, 6.45) is 0. The maximum atomic E-state index is 12.3. The van der Waals surface area contributed by atoms with Crippen LogP contribution in [0, 0.1) is 20.8 Å². The molecule has 18 heavy (non-hydrogen) atoms. The van der Waals surface area contributed by atoms with Gasteiger partial charge < -0.3 is 17.7 Å². The Balaban J connectivity index is 0.00000289. The molecule has 0 saturated heterocycles. The molecule has 1 rings (SSSR count). The van der Waals surface area contributed by atoms with E-state index in [2.05, 4.69) is 6.58 Å². The van der Waals surface area contributed by atoms with Crippen LogP contribution in [-0.4, -0.2) is 13.6 Å². The number of hydrogen-bond acceptors (Lipinski definition) is 1. The van der Waals surface area contributed by atoms with Crippen molar-refractivity contribution in [2.75, 3.05) is 6.61 Å². The Morgan fingerprint density at radius 1 is 1.17 bits per heavy atom. The summed E-state index contributed by atoms with van der Waals surface area (Å²) in [5.41, 5.74) is 1.92. The van der Waals surface area contributed by atoms with Crippen molar-refractivity contribution in [2.24, 2.45) is 0 Å². The molecule has 0 fully saturated rings. The van der Waals surface area contributed by atoms with Crippen molar-refractivity contribution in [1.82, 2.24) is 0 Å². The first kappa shape index (κ1) is 18.3. The van der Waals surface area contributed by atoms with Crippen molar-refractivity contribution in [1.29, 1.82) is 0 Å². The number of rotatable bonds is 4. The topological polar surface area (TPSA) is 9.23 Å². The molecule has 0 heterocycles. The molecule has 1 aromatic carbocycles. The Labute approximate surface area is 148 Å². The average Bonchev–Trinajstić information content (AvgIpc) is 2.13. The molecule has 0 unspecified atom stereocenters. The Bertz CT molecular complexity index is 420. The van der Waals surface area contributed by atoms with Crippen LogP contribution in [0.2, 0.25) is 0 Å². The predicted molar refractivity (Wildman–Crippen MR) is 64.4 cm³/mol. The molecule has 0 amide bonds.